The molecule has 0 bridgehead atoms. The first-order valence-electron chi connectivity index (χ1n) is 8.79. The maximum Gasteiger partial charge on any atom is 0.218 e. The van der Waals surface area contributed by atoms with Gasteiger partial charge in [-0.25, -0.2) is 8.42 Å². The van der Waals surface area contributed by atoms with Crippen molar-refractivity contribution in [3.63, 3.8) is 0 Å². The first-order valence-corrected chi connectivity index (χ1v) is 10.4. The van der Waals surface area contributed by atoms with Crippen molar-refractivity contribution in [2.24, 2.45) is 0 Å². The van der Waals surface area contributed by atoms with E-state index in [1.54, 1.807) is 0 Å². The number of benzene rings is 2. The fourth-order valence-corrected chi connectivity index (χ4v) is 5.13. The number of carbonyl (C=O) groups excluding carboxylic acids is 1. The van der Waals surface area contributed by atoms with E-state index in [1.807, 2.05) is 60.7 Å². The van der Waals surface area contributed by atoms with Crippen LogP contribution in [0, 0.1) is 0 Å². The molecular formula is C20H24N2O3S. The van der Waals surface area contributed by atoms with Crippen molar-refractivity contribution in [3.05, 3.63) is 71.8 Å². The molecule has 2 atom stereocenters. The summed E-state index contributed by atoms with van der Waals surface area (Å²) in [5.41, 5.74) is 1.90. The molecule has 1 aliphatic rings. The molecule has 0 unspecified atom stereocenters. The summed E-state index contributed by atoms with van der Waals surface area (Å²) in [5, 5.41) is 2.95. The van der Waals surface area contributed by atoms with E-state index in [4.69, 9.17) is 0 Å². The Morgan fingerprint density at radius 3 is 2.31 bits per heavy atom. The van der Waals surface area contributed by atoms with Gasteiger partial charge in [0.05, 0.1) is 5.75 Å². The minimum atomic E-state index is -3.43. The molecule has 1 heterocycles. The largest absolute Gasteiger partial charge is 0.352 e. The normalized spacial score (nSPS) is 21.3. The molecule has 1 N–H and O–H groups in total. The highest BCUT2D eigenvalue weighted by molar-refractivity contribution is 7.88. The predicted octanol–water partition coefficient (Wildman–Crippen LogP) is 2.51. The molecule has 6 heteroatoms. The van der Waals surface area contributed by atoms with E-state index in [0.717, 1.165) is 11.1 Å². The molecule has 1 fully saturated rings. The topological polar surface area (TPSA) is 66.5 Å². The molecule has 0 aliphatic carbocycles. The van der Waals surface area contributed by atoms with Crippen molar-refractivity contribution in [2.45, 2.75) is 31.1 Å². The van der Waals surface area contributed by atoms with Crippen LogP contribution in [0.25, 0.3) is 0 Å². The van der Waals surface area contributed by atoms with Gasteiger partial charge in [-0.1, -0.05) is 60.7 Å². The van der Waals surface area contributed by atoms with Crippen LogP contribution in [0.4, 0.5) is 0 Å². The molecule has 2 aromatic carbocycles. The fraction of sp³-hybridized carbons (Fsp3) is 0.350. The summed E-state index contributed by atoms with van der Waals surface area (Å²) < 4.78 is 27.2. The molecule has 1 amide bonds. The van der Waals surface area contributed by atoms with Crippen LogP contribution in [0.3, 0.4) is 0 Å². The van der Waals surface area contributed by atoms with Crippen LogP contribution in [0.15, 0.2) is 60.7 Å². The third kappa shape index (κ3) is 4.51. The van der Waals surface area contributed by atoms with Crippen LogP contribution in [0.2, 0.25) is 0 Å². The first-order chi connectivity index (χ1) is 12.5. The number of hydrogen-bond acceptors (Lipinski definition) is 3. The molecule has 0 spiro atoms. The van der Waals surface area contributed by atoms with Crippen molar-refractivity contribution < 1.29 is 13.2 Å². The summed E-state index contributed by atoms with van der Waals surface area (Å²) in [6, 6.07) is 18.9. The van der Waals surface area contributed by atoms with E-state index < -0.39 is 10.0 Å². The predicted molar refractivity (Wildman–Crippen MR) is 102 cm³/mol. The highest BCUT2D eigenvalue weighted by Gasteiger charge is 2.35. The highest BCUT2D eigenvalue weighted by Crippen LogP contribution is 2.30. The molecule has 0 saturated carbocycles. The Balaban J connectivity index is 1.78. The number of sulfonamides is 1. The van der Waals surface area contributed by atoms with Gasteiger partial charge in [-0.15, -0.1) is 0 Å². The lowest BCUT2D eigenvalue weighted by atomic mass is 9.86. The molecule has 0 radical (unpaired) electrons. The van der Waals surface area contributed by atoms with Crippen LogP contribution in [-0.4, -0.2) is 37.8 Å². The standard InChI is InChI=1S/C20H24N2O3S/c1-16(23)21-20-14-22(13-12-19(20)18-10-6-3-7-11-18)26(24,25)15-17-8-4-2-5-9-17/h2-11,19-20H,12-15H2,1H3,(H,21,23)/t19-,20-/m0/s1. The van der Waals surface area contributed by atoms with E-state index in [-0.39, 0.29) is 23.6 Å². The Morgan fingerprint density at radius 1 is 1.08 bits per heavy atom. The lowest BCUT2D eigenvalue weighted by Gasteiger charge is -2.38. The van der Waals surface area contributed by atoms with Crippen molar-refractivity contribution >= 4 is 15.9 Å². The second-order valence-corrected chi connectivity index (χ2v) is 8.68. The van der Waals surface area contributed by atoms with Gasteiger partial charge in [0.1, 0.15) is 0 Å². The number of piperidine rings is 1. The van der Waals surface area contributed by atoms with Gasteiger partial charge in [-0.05, 0) is 17.5 Å². The van der Waals surface area contributed by atoms with Gasteiger partial charge in [0, 0.05) is 32.0 Å². The molecule has 0 aromatic heterocycles. The maximum atomic E-state index is 12.8. The van der Waals surface area contributed by atoms with Crippen LogP contribution in [0.5, 0.6) is 0 Å². The average molecular weight is 372 g/mol. The third-order valence-electron chi connectivity index (χ3n) is 4.78. The molecule has 2 aromatic rings. The molecule has 138 valence electrons. The number of nitrogens with zero attached hydrogens (tertiary/aromatic N) is 1. The van der Waals surface area contributed by atoms with Crippen molar-refractivity contribution in [1.29, 1.82) is 0 Å². The fourth-order valence-electron chi connectivity index (χ4n) is 3.56. The minimum absolute atomic E-state index is 0.0172. The van der Waals surface area contributed by atoms with Gasteiger partial charge in [-0.2, -0.15) is 4.31 Å². The number of rotatable bonds is 5. The summed E-state index contributed by atoms with van der Waals surface area (Å²) in [6.07, 6.45) is 0.684. The number of hydrogen-bond donors (Lipinski definition) is 1. The van der Waals surface area contributed by atoms with Crippen molar-refractivity contribution in [3.8, 4) is 0 Å². The van der Waals surface area contributed by atoms with E-state index >= 15 is 0 Å². The summed E-state index contributed by atoms with van der Waals surface area (Å²) in [5.74, 6) is -0.0436. The second-order valence-electron chi connectivity index (χ2n) is 6.71. The Labute approximate surface area is 155 Å². The monoisotopic (exact) mass is 372 g/mol. The Morgan fingerprint density at radius 2 is 1.69 bits per heavy atom. The van der Waals surface area contributed by atoms with Crippen molar-refractivity contribution in [2.75, 3.05) is 13.1 Å². The first kappa shape index (κ1) is 18.6. The van der Waals surface area contributed by atoms with E-state index in [1.165, 1.54) is 11.2 Å². The van der Waals surface area contributed by atoms with Gasteiger partial charge in [-0.3, -0.25) is 4.79 Å². The van der Waals surface area contributed by atoms with Gasteiger partial charge >= 0.3 is 0 Å². The van der Waals surface area contributed by atoms with Gasteiger partial charge in [0.2, 0.25) is 15.9 Å². The minimum Gasteiger partial charge on any atom is -0.352 e. The van der Waals surface area contributed by atoms with Gasteiger partial charge in [0.25, 0.3) is 0 Å². The quantitative estimate of drug-likeness (QED) is 0.877. The molecular weight excluding hydrogens is 348 g/mol. The Hall–Kier alpha value is -2.18. The lowest BCUT2D eigenvalue weighted by molar-refractivity contribution is -0.120. The van der Waals surface area contributed by atoms with Crippen molar-refractivity contribution in [1.82, 2.24) is 9.62 Å². The van der Waals surface area contributed by atoms with Crippen LogP contribution in [-0.2, 0) is 20.6 Å². The number of nitrogens with one attached hydrogen (secondary N) is 1. The molecule has 1 aliphatic heterocycles. The van der Waals surface area contributed by atoms with E-state index in [0.29, 0.717) is 19.5 Å². The lowest BCUT2D eigenvalue weighted by Crippen LogP contribution is -2.52. The molecule has 26 heavy (non-hydrogen) atoms. The van der Waals surface area contributed by atoms with Gasteiger partial charge < -0.3 is 5.32 Å². The van der Waals surface area contributed by atoms with Crippen LogP contribution in [0.1, 0.15) is 30.4 Å². The smallest absolute Gasteiger partial charge is 0.218 e. The second kappa shape index (κ2) is 8.01. The zero-order valence-electron chi connectivity index (χ0n) is 14.8. The number of amides is 1. The van der Waals surface area contributed by atoms with Crippen LogP contribution >= 0.6 is 0 Å². The highest BCUT2D eigenvalue weighted by atomic mass is 32.2. The summed E-state index contributed by atoms with van der Waals surface area (Å²) in [4.78, 5) is 11.7. The average Bonchev–Trinajstić information content (AvgIpc) is 2.62. The zero-order valence-corrected chi connectivity index (χ0v) is 15.7. The van der Waals surface area contributed by atoms with E-state index in [9.17, 15) is 13.2 Å². The molecule has 5 nitrogen and oxygen atoms in total. The SMILES string of the molecule is CC(=O)N[C@H]1CN(S(=O)(=O)Cc2ccccc2)CC[C@H]1c1ccccc1. The Kier molecular flexibility index (Phi) is 5.74. The zero-order chi connectivity index (χ0) is 18.6. The third-order valence-corrected chi connectivity index (χ3v) is 6.59. The molecule has 3 rings (SSSR count). The van der Waals surface area contributed by atoms with E-state index in [2.05, 4.69) is 5.32 Å². The number of carbonyl (C=O) groups is 1. The molecule has 1 saturated heterocycles. The Bertz CT molecular complexity index is 838. The summed E-state index contributed by atoms with van der Waals surface area (Å²) in [6.45, 7) is 2.23. The summed E-state index contributed by atoms with van der Waals surface area (Å²) in [7, 11) is -3.43. The maximum absolute atomic E-state index is 12.8. The summed E-state index contributed by atoms with van der Waals surface area (Å²) >= 11 is 0. The van der Waals surface area contributed by atoms with Gasteiger partial charge in [0.15, 0.2) is 0 Å². The van der Waals surface area contributed by atoms with Crippen LogP contribution < -0.4 is 5.32 Å².